The zero-order chi connectivity index (χ0) is 15.7. The summed E-state index contributed by atoms with van der Waals surface area (Å²) in [5, 5.41) is 11.7. The van der Waals surface area contributed by atoms with Crippen LogP contribution < -0.4 is 5.32 Å². The molecule has 1 heterocycles. The molecule has 0 saturated heterocycles. The summed E-state index contributed by atoms with van der Waals surface area (Å²) in [6.07, 6.45) is 0. The molecule has 0 spiro atoms. The first-order valence-electron chi connectivity index (χ1n) is 6.66. The predicted octanol–water partition coefficient (Wildman–Crippen LogP) is 2.10. The minimum atomic E-state index is -4.25. The van der Waals surface area contributed by atoms with Gasteiger partial charge >= 0.3 is 0 Å². The first-order chi connectivity index (χ1) is 10.5. The minimum Gasteiger partial charge on any atom is -0.385 e. The molecule has 0 amide bonds. The van der Waals surface area contributed by atoms with Crippen molar-refractivity contribution in [1.29, 1.82) is 0 Å². The summed E-state index contributed by atoms with van der Waals surface area (Å²) in [5.41, 5.74) is 2.69. The standard InChI is InChI=1S/C14H14N4O3S/c1-2-15-10-3-5-11(6-4-10)18-16-13-8-7-12(22(19,20)21)9-14(13)17-18/h3-9,15H,2H2,1H3,(H,19,20,21). The fourth-order valence-corrected chi connectivity index (χ4v) is 2.59. The number of benzene rings is 2. The molecule has 0 aliphatic heterocycles. The van der Waals surface area contributed by atoms with Crippen LogP contribution in [0.2, 0.25) is 0 Å². The Balaban J connectivity index is 2.01. The number of aromatic nitrogens is 3. The zero-order valence-corrected chi connectivity index (χ0v) is 12.6. The molecular weight excluding hydrogens is 304 g/mol. The van der Waals surface area contributed by atoms with Crippen LogP contribution in [0.3, 0.4) is 0 Å². The maximum atomic E-state index is 11.1. The Kier molecular flexibility index (Phi) is 3.55. The van der Waals surface area contributed by atoms with Crippen LogP contribution in [0.15, 0.2) is 47.4 Å². The van der Waals surface area contributed by atoms with Crippen molar-refractivity contribution < 1.29 is 13.0 Å². The zero-order valence-electron chi connectivity index (χ0n) is 11.8. The summed E-state index contributed by atoms with van der Waals surface area (Å²) < 4.78 is 31.4. The van der Waals surface area contributed by atoms with Gasteiger partial charge in [0.25, 0.3) is 10.1 Å². The molecular formula is C14H14N4O3S. The molecule has 0 unspecified atom stereocenters. The van der Waals surface area contributed by atoms with Crippen molar-refractivity contribution in [2.24, 2.45) is 0 Å². The van der Waals surface area contributed by atoms with E-state index in [-0.39, 0.29) is 4.90 Å². The Morgan fingerprint density at radius 2 is 1.77 bits per heavy atom. The molecule has 0 fully saturated rings. The third-order valence-corrected chi connectivity index (χ3v) is 3.98. The van der Waals surface area contributed by atoms with E-state index in [4.69, 9.17) is 4.55 Å². The fraction of sp³-hybridized carbons (Fsp3) is 0.143. The summed E-state index contributed by atoms with van der Waals surface area (Å²) in [5.74, 6) is 0. The molecule has 0 radical (unpaired) electrons. The number of rotatable bonds is 4. The molecule has 2 N–H and O–H groups in total. The van der Waals surface area contributed by atoms with Crippen LogP contribution in [-0.2, 0) is 10.1 Å². The number of hydrogen-bond acceptors (Lipinski definition) is 5. The second kappa shape index (κ2) is 5.39. The quantitative estimate of drug-likeness (QED) is 0.715. The largest absolute Gasteiger partial charge is 0.385 e. The molecule has 0 aliphatic carbocycles. The highest BCUT2D eigenvalue weighted by Gasteiger charge is 2.12. The number of nitrogens with zero attached hydrogens (tertiary/aromatic N) is 3. The van der Waals surface area contributed by atoms with E-state index < -0.39 is 10.1 Å². The molecule has 3 rings (SSSR count). The Hall–Kier alpha value is -2.45. The van der Waals surface area contributed by atoms with Gasteiger partial charge in [0.05, 0.1) is 10.6 Å². The van der Waals surface area contributed by atoms with Crippen LogP contribution in [0.4, 0.5) is 5.69 Å². The molecule has 7 nitrogen and oxygen atoms in total. The van der Waals surface area contributed by atoms with Gasteiger partial charge in [-0.25, -0.2) is 0 Å². The van der Waals surface area contributed by atoms with Crippen LogP contribution in [-0.4, -0.2) is 34.5 Å². The third kappa shape index (κ3) is 2.78. The summed E-state index contributed by atoms with van der Waals surface area (Å²) in [4.78, 5) is 1.23. The van der Waals surface area contributed by atoms with E-state index in [1.165, 1.54) is 23.0 Å². The molecule has 22 heavy (non-hydrogen) atoms. The van der Waals surface area contributed by atoms with E-state index in [2.05, 4.69) is 15.5 Å². The van der Waals surface area contributed by atoms with E-state index in [1.807, 2.05) is 31.2 Å². The van der Waals surface area contributed by atoms with Crippen molar-refractivity contribution in [2.45, 2.75) is 11.8 Å². The summed E-state index contributed by atoms with van der Waals surface area (Å²) >= 11 is 0. The van der Waals surface area contributed by atoms with Gasteiger partial charge in [-0.3, -0.25) is 4.55 Å². The first kappa shape index (κ1) is 14.5. The lowest BCUT2D eigenvalue weighted by Gasteiger charge is -2.04. The number of nitrogens with one attached hydrogen (secondary N) is 1. The molecule has 0 aliphatic rings. The average Bonchev–Trinajstić information content (AvgIpc) is 2.90. The van der Waals surface area contributed by atoms with E-state index >= 15 is 0 Å². The van der Waals surface area contributed by atoms with Gasteiger partial charge in [0, 0.05) is 12.2 Å². The summed E-state index contributed by atoms with van der Waals surface area (Å²) in [6.45, 7) is 2.85. The van der Waals surface area contributed by atoms with Crippen molar-refractivity contribution >= 4 is 26.8 Å². The minimum absolute atomic E-state index is 0.199. The van der Waals surface area contributed by atoms with Crippen LogP contribution in [0.1, 0.15) is 6.92 Å². The van der Waals surface area contributed by atoms with Crippen molar-refractivity contribution in [3.05, 3.63) is 42.5 Å². The molecule has 2 aromatic carbocycles. The summed E-state index contributed by atoms with van der Waals surface area (Å²) in [6, 6.07) is 11.6. The highest BCUT2D eigenvalue weighted by atomic mass is 32.2. The Bertz CT molecular complexity index is 917. The molecule has 3 aromatic rings. The smallest absolute Gasteiger partial charge is 0.294 e. The van der Waals surface area contributed by atoms with Crippen LogP contribution in [0.5, 0.6) is 0 Å². The van der Waals surface area contributed by atoms with Gasteiger partial charge in [-0.05, 0) is 49.4 Å². The summed E-state index contributed by atoms with van der Waals surface area (Å²) in [7, 11) is -4.25. The van der Waals surface area contributed by atoms with Crippen molar-refractivity contribution in [1.82, 2.24) is 15.0 Å². The van der Waals surface area contributed by atoms with E-state index in [0.29, 0.717) is 11.0 Å². The van der Waals surface area contributed by atoms with Gasteiger partial charge in [0.1, 0.15) is 11.0 Å². The molecule has 114 valence electrons. The van der Waals surface area contributed by atoms with Gasteiger partial charge in [0.15, 0.2) is 0 Å². The lowest BCUT2D eigenvalue weighted by molar-refractivity contribution is 0.483. The lowest BCUT2D eigenvalue weighted by atomic mass is 10.3. The molecule has 0 bridgehead atoms. The predicted molar refractivity (Wildman–Crippen MR) is 82.8 cm³/mol. The van der Waals surface area contributed by atoms with Gasteiger partial charge < -0.3 is 5.32 Å². The van der Waals surface area contributed by atoms with E-state index in [9.17, 15) is 8.42 Å². The van der Waals surface area contributed by atoms with Crippen LogP contribution >= 0.6 is 0 Å². The SMILES string of the molecule is CCNc1ccc(-n2nc3ccc(S(=O)(=O)O)cc3n2)cc1. The third-order valence-electron chi connectivity index (χ3n) is 3.13. The molecule has 1 aromatic heterocycles. The van der Waals surface area contributed by atoms with Gasteiger partial charge in [-0.2, -0.15) is 13.2 Å². The van der Waals surface area contributed by atoms with Crippen molar-refractivity contribution in [3.63, 3.8) is 0 Å². The first-order valence-corrected chi connectivity index (χ1v) is 8.10. The van der Waals surface area contributed by atoms with E-state index in [0.717, 1.165) is 17.9 Å². The fourth-order valence-electron chi connectivity index (χ4n) is 2.09. The Morgan fingerprint density at radius 1 is 1.09 bits per heavy atom. The normalized spacial score (nSPS) is 11.7. The van der Waals surface area contributed by atoms with E-state index in [1.54, 1.807) is 0 Å². The van der Waals surface area contributed by atoms with Crippen LogP contribution in [0, 0.1) is 0 Å². The monoisotopic (exact) mass is 318 g/mol. The topological polar surface area (TPSA) is 97.1 Å². The molecule has 0 atom stereocenters. The highest BCUT2D eigenvalue weighted by Crippen LogP contribution is 2.18. The highest BCUT2D eigenvalue weighted by molar-refractivity contribution is 7.85. The maximum Gasteiger partial charge on any atom is 0.294 e. The van der Waals surface area contributed by atoms with Crippen molar-refractivity contribution in [3.8, 4) is 5.69 Å². The second-order valence-electron chi connectivity index (χ2n) is 4.69. The number of anilines is 1. The Labute approximate surface area is 127 Å². The van der Waals surface area contributed by atoms with Crippen molar-refractivity contribution in [2.75, 3.05) is 11.9 Å². The average molecular weight is 318 g/mol. The second-order valence-corrected chi connectivity index (χ2v) is 6.11. The lowest BCUT2D eigenvalue weighted by Crippen LogP contribution is -2.00. The Morgan fingerprint density at radius 3 is 2.41 bits per heavy atom. The maximum absolute atomic E-state index is 11.1. The van der Waals surface area contributed by atoms with Gasteiger partial charge in [0.2, 0.25) is 0 Å². The van der Waals surface area contributed by atoms with Crippen LogP contribution in [0.25, 0.3) is 16.7 Å². The van der Waals surface area contributed by atoms with Gasteiger partial charge in [-0.1, -0.05) is 0 Å². The number of fused-ring (bicyclic) bond motifs is 1. The van der Waals surface area contributed by atoms with Gasteiger partial charge in [-0.15, -0.1) is 10.2 Å². The number of hydrogen-bond donors (Lipinski definition) is 2. The molecule has 0 saturated carbocycles. The molecule has 8 heteroatoms.